The first-order chi connectivity index (χ1) is 10.3. The Morgan fingerprint density at radius 3 is 2.68 bits per heavy atom. The molecule has 1 amide bonds. The summed E-state index contributed by atoms with van der Waals surface area (Å²) in [5, 5.41) is 9.85. The quantitative estimate of drug-likeness (QED) is 0.924. The molecular weight excluding hydrogens is 276 g/mol. The normalized spacial score (nSPS) is 25.0. The van der Waals surface area contributed by atoms with Gasteiger partial charge in [0.25, 0.3) is 5.91 Å². The summed E-state index contributed by atoms with van der Waals surface area (Å²) in [6, 6.07) is 8.80. The number of hydrogen-bond donors (Lipinski definition) is 1. The van der Waals surface area contributed by atoms with E-state index in [0.29, 0.717) is 18.5 Å². The van der Waals surface area contributed by atoms with E-state index in [4.69, 9.17) is 0 Å². The van der Waals surface area contributed by atoms with Crippen molar-refractivity contribution < 1.29 is 9.90 Å². The van der Waals surface area contributed by atoms with Crippen molar-refractivity contribution in [1.29, 1.82) is 0 Å². The first-order valence-corrected chi connectivity index (χ1v) is 8.16. The molecule has 0 radical (unpaired) electrons. The number of benzene rings is 1. The van der Waals surface area contributed by atoms with E-state index in [0.717, 1.165) is 37.1 Å². The Bertz CT molecular complexity index is 562. The van der Waals surface area contributed by atoms with Gasteiger partial charge in [-0.25, -0.2) is 0 Å². The molecule has 1 N–H and O–H groups in total. The summed E-state index contributed by atoms with van der Waals surface area (Å²) in [7, 11) is 2.14. The lowest BCUT2D eigenvalue weighted by atomic mass is 9.97. The molecule has 4 nitrogen and oxygen atoms in total. The van der Waals surface area contributed by atoms with Gasteiger partial charge in [-0.3, -0.25) is 9.69 Å². The molecule has 1 aromatic rings. The number of piperazine rings is 1. The highest BCUT2D eigenvalue weighted by molar-refractivity contribution is 5.95. The van der Waals surface area contributed by atoms with Gasteiger partial charge in [0, 0.05) is 30.7 Å². The fourth-order valence-corrected chi connectivity index (χ4v) is 3.59. The lowest BCUT2D eigenvalue weighted by molar-refractivity contribution is 0.0650. The van der Waals surface area contributed by atoms with Crippen LogP contribution in [0.5, 0.6) is 0 Å². The van der Waals surface area contributed by atoms with E-state index in [2.05, 4.69) is 11.9 Å². The summed E-state index contributed by atoms with van der Waals surface area (Å²) in [6.45, 7) is 5.49. The molecule has 2 aliphatic heterocycles. The number of hydrogen-bond acceptors (Lipinski definition) is 3. The number of carbonyl (C=O) groups is 1. The van der Waals surface area contributed by atoms with Gasteiger partial charge in [0.1, 0.15) is 0 Å². The monoisotopic (exact) mass is 302 g/mol. The molecule has 0 aliphatic carbocycles. The molecule has 2 aliphatic rings. The summed E-state index contributed by atoms with van der Waals surface area (Å²) in [5.41, 5.74) is 1.23. The third-order valence-electron chi connectivity index (χ3n) is 4.97. The molecule has 2 bridgehead atoms. The molecule has 3 rings (SSSR count). The third-order valence-corrected chi connectivity index (χ3v) is 4.97. The number of likely N-dealkylation sites (tertiary alicyclic amines) is 2. The molecule has 2 fully saturated rings. The lowest BCUT2D eigenvalue weighted by Crippen LogP contribution is -2.47. The predicted octanol–water partition coefficient (Wildman–Crippen LogP) is 1.92. The number of aryl methyl sites for hydroxylation is 1. The van der Waals surface area contributed by atoms with E-state index in [1.807, 2.05) is 43.0 Å². The van der Waals surface area contributed by atoms with Crippen molar-refractivity contribution in [2.45, 2.75) is 50.8 Å². The molecule has 22 heavy (non-hydrogen) atoms. The maximum absolute atomic E-state index is 12.8. The minimum absolute atomic E-state index is 0.158. The first kappa shape index (κ1) is 15.5. The standard InChI is InChI=1S/C18H26N2O2/c1-18(2,22)8-7-13-5-4-6-14(9-13)17(21)20-12-15-10-16(20)11-19(15)3/h4-6,9,15-16,22H,7-8,10-12H2,1-3H3. The van der Waals surface area contributed by atoms with Crippen LogP contribution in [0.15, 0.2) is 24.3 Å². The molecule has 0 saturated carbocycles. The van der Waals surface area contributed by atoms with Crippen LogP contribution >= 0.6 is 0 Å². The maximum Gasteiger partial charge on any atom is 0.254 e. The summed E-state index contributed by atoms with van der Waals surface area (Å²) >= 11 is 0. The van der Waals surface area contributed by atoms with Crippen molar-refractivity contribution >= 4 is 5.91 Å². The number of carbonyl (C=O) groups excluding carboxylic acids is 1. The van der Waals surface area contributed by atoms with Crippen LogP contribution in [0.2, 0.25) is 0 Å². The smallest absolute Gasteiger partial charge is 0.254 e. The Labute approximate surface area is 132 Å². The fraction of sp³-hybridized carbons (Fsp3) is 0.611. The number of nitrogens with zero attached hydrogens (tertiary/aromatic N) is 2. The average Bonchev–Trinajstić information content (AvgIpc) is 3.03. The first-order valence-electron chi connectivity index (χ1n) is 8.16. The number of aliphatic hydroxyl groups is 1. The topological polar surface area (TPSA) is 43.8 Å². The summed E-state index contributed by atoms with van der Waals surface area (Å²) < 4.78 is 0. The molecule has 1 aromatic carbocycles. The van der Waals surface area contributed by atoms with Gasteiger partial charge in [0.2, 0.25) is 0 Å². The minimum Gasteiger partial charge on any atom is -0.390 e. The van der Waals surface area contributed by atoms with Gasteiger partial charge in [-0.15, -0.1) is 0 Å². The Balaban J connectivity index is 1.69. The highest BCUT2D eigenvalue weighted by Gasteiger charge is 2.43. The largest absolute Gasteiger partial charge is 0.390 e. The number of amides is 1. The Morgan fingerprint density at radius 2 is 2.09 bits per heavy atom. The Morgan fingerprint density at radius 1 is 1.32 bits per heavy atom. The van der Waals surface area contributed by atoms with Gasteiger partial charge in [-0.2, -0.15) is 0 Å². The highest BCUT2D eigenvalue weighted by Crippen LogP contribution is 2.30. The van der Waals surface area contributed by atoms with E-state index in [-0.39, 0.29) is 5.91 Å². The Kier molecular flexibility index (Phi) is 4.00. The third kappa shape index (κ3) is 3.18. The minimum atomic E-state index is -0.668. The van der Waals surface area contributed by atoms with Crippen molar-refractivity contribution in [2.24, 2.45) is 0 Å². The van der Waals surface area contributed by atoms with Gasteiger partial charge in [0.15, 0.2) is 0 Å². The van der Waals surface area contributed by atoms with Gasteiger partial charge >= 0.3 is 0 Å². The van der Waals surface area contributed by atoms with E-state index in [1.165, 1.54) is 0 Å². The van der Waals surface area contributed by atoms with Crippen molar-refractivity contribution in [2.75, 3.05) is 20.1 Å². The van der Waals surface area contributed by atoms with Crippen LogP contribution in [0.3, 0.4) is 0 Å². The van der Waals surface area contributed by atoms with Gasteiger partial charge < -0.3 is 10.0 Å². The van der Waals surface area contributed by atoms with E-state index >= 15 is 0 Å². The molecule has 4 heteroatoms. The lowest BCUT2D eigenvalue weighted by Gasteiger charge is -2.32. The zero-order valence-electron chi connectivity index (χ0n) is 13.7. The highest BCUT2D eigenvalue weighted by atomic mass is 16.3. The molecule has 120 valence electrons. The van der Waals surface area contributed by atoms with Crippen LogP contribution in [0, 0.1) is 0 Å². The molecule has 2 heterocycles. The summed E-state index contributed by atoms with van der Waals surface area (Å²) in [4.78, 5) is 17.2. The zero-order valence-corrected chi connectivity index (χ0v) is 13.7. The maximum atomic E-state index is 12.8. The van der Waals surface area contributed by atoms with Crippen LogP contribution < -0.4 is 0 Å². The van der Waals surface area contributed by atoms with Crippen LogP contribution in [0.4, 0.5) is 0 Å². The fourth-order valence-electron chi connectivity index (χ4n) is 3.59. The van der Waals surface area contributed by atoms with Crippen molar-refractivity contribution in [1.82, 2.24) is 9.80 Å². The average molecular weight is 302 g/mol. The second kappa shape index (κ2) is 5.67. The molecule has 2 atom stereocenters. The summed E-state index contributed by atoms with van der Waals surface area (Å²) in [5.74, 6) is 0.158. The molecule has 0 aromatic heterocycles. The number of rotatable bonds is 4. The van der Waals surface area contributed by atoms with Crippen molar-refractivity contribution in [3.63, 3.8) is 0 Å². The zero-order chi connectivity index (χ0) is 15.9. The molecule has 2 unspecified atom stereocenters. The molecule has 0 spiro atoms. The van der Waals surface area contributed by atoms with Crippen LogP contribution in [0.25, 0.3) is 0 Å². The molecular formula is C18H26N2O2. The summed E-state index contributed by atoms with van der Waals surface area (Å²) in [6.07, 6.45) is 2.60. The number of likely N-dealkylation sites (N-methyl/N-ethyl adjacent to an activating group) is 1. The SMILES string of the molecule is CN1CC2CC1CN2C(=O)c1cccc(CCC(C)(C)O)c1. The van der Waals surface area contributed by atoms with Crippen molar-refractivity contribution in [3.05, 3.63) is 35.4 Å². The van der Waals surface area contributed by atoms with Crippen LogP contribution in [0.1, 0.15) is 42.6 Å². The predicted molar refractivity (Wildman–Crippen MR) is 86.9 cm³/mol. The van der Waals surface area contributed by atoms with E-state index < -0.39 is 5.60 Å². The number of fused-ring (bicyclic) bond motifs is 2. The van der Waals surface area contributed by atoms with Crippen LogP contribution in [-0.2, 0) is 6.42 Å². The van der Waals surface area contributed by atoms with Gasteiger partial charge in [-0.1, -0.05) is 12.1 Å². The second-order valence-electron chi connectivity index (χ2n) is 7.45. The van der Waals surface area contributed by atoms with E-state index in [9.17, 15) is 9.90 Å². The van der Waals surface area contributed by atoms with Crippen LogP contribution in [-0.4, -0.2) is 58.6 Å². The van der Waals surface area contributed by atoms with Gasteiger partial charge in [0.05, 0.1) is 5.60 Å². The Hall–Kier alpha value is -1.39. The van der Waals surface area contributed by atoms with E-state index in [1.54, 1.807) is 0 Å². The second-order valence-corrected chi connectivity index (χ2v) is 7.45. The molecule has 2 saturated heterocycles. The van der Waals surface area contributed by atoms with Gasteiger partial charge in [-0.05, 0) is 57.9 Å². The van der Waals surface area contributed by atoms with Crippen molar-refractivity contribution in [3.8, 4) is 0 Å².